The minimum atomic E-state index is 0.0453. The van der Waals surface area contributed by atoms with E-state index in [1.807, 2.05) is 4.57 Å². The molecule has 2 heterocycles. The molecule has 1 aromatic heterocycles. The minimum absolute atomic E-state index is 0.0453. The van der Waals surface area contributed by atoms with Crippen molar-refractivity contribution in [1.82, 2.24) is 19.2 Å². The lowest BCUT2D eigenvalue weighted by Gasteiger charge is -2.31. The molecule has 2 fully saturated rings. The highest BCUT2D eigenvalue weighted by atomic mass is 16.2. The third kappa shape index (κ3) is 3.03. The molecule has 0 unspecified atom stereocenters. The first kappa shape index (κ1) is 14.3. The van der Waals surface area contributed by atoms with Crippen molar-refractivity contribution >= 4 is 0 Å². The summed E-state index contributed by atoms with van der Waals surface area (Å²) < 4.78 is 3.43. The molecule has 0 N–H and O–H groups in total. The second-order valence-corrected chi connectivity index (χ2v) is 6.24. The van der Waals surface area contributed by atoms with Gasteiger partial charge in [-0.1, -0.05) is 0 Å². The van der Waals surface area contributed by atoms with Crippen molar-refractivity contribution in [3.8, 4) is 6.07 Å². The third-order valence-electron chi connectivity index (χ3n) is 4.61. The maximum Gasteiger partial charge on any atom is 0.345 e. The topological polar surface area (TPSA) is 66.8 Å². The van der Waals surface area contributed by atoms with E-state index >= 15 is 0 Å². The molecule has 1 aromatic rings. The second-order valence-electron chi connectivity index (χ2n) is 6.24. The summed E-state index contributed by atoms with van der Waals surface area (Å²) in [6.07, 6.45) is 5.96. The van der Waals surface area contributed by atoms with Crippen LogP contribution >= 0.6 is 0 Å². The first-order valence-corrected chi connectivity index (χ1v) is 7.95. The summed E-state index contributed by atoms with van der Waals surface area (Å²) in [5, 5.41) is 13.1. The fraction of sp³-hybridized carbons (Fsp3) is 0.800. The highest BCUT2D eigenvalue weighted by Crippen LogP contribution is 2.37. The summed E-state index contributed by atoms with van der Waals surface area (Å²) in [5.74, 6) is 1.41. The zero-order valence-corrected chi connectivity index (χ0v) is 12.7. The summed E-state index contributed by atoms with van der Waals surface area (Å²) in [6, 6.07) is 2.60. The molecule has 0 bridgehead atoms. The average molecular weight is 289 g/mol. The number of unbranched alkanes of at least 4 members (excludes halogenated alkanes) is 1. The standard InChI is InChI=1S/C15H23N5O/c1-18-15(21)20(13-4-5-13)14(17-18)12-6-10-19(11-7-12)9-3-2-8-16/h12-13H,2-7,9-11H2,1H3. The van der Waals surface area contributed by atoms with E-state index < -0.39 is 0 Å². The molecule has 1 saturated heterocycles. The van der Waals surface area contributed by atoms with Gasteiger partial charge in [-0.25, -0.2) is 9.48 Å². The predicted molar refractivity (Wildman–Crippen MR) is 79.0 cm³/mol. The van der Waals surface area contributed by atoms with Crippen LogP contribution in [0, 0.1) is 11.3 Å². The molecule has 6 heteroatoms. The van der Waals surface area contributed by atoms with Crippen LogP contribution < -0.4 is 5.69 Å². The van der Waals surface area contributed by atoms with E-state index in [0.29, 0.717) is 18.4 Å². The molecule has 0 spiro atoms. The summed E-state index contributed by atoms with van der Waals surface area (Å²) in [6.45, 7) is 3.11. The average Bonchev–Trinajstić information content (AvgIpc) is 3.28. The molecule has 2 aliphatic rings. The fourth-order valence-corrected chi connectivity index (χ4v) is 3.25. The Balaban J connectivity index is 1.64. The third-order valence-corrected chi connectivity index (χ3v) is 4.61. The number of likely N-dealkylation sites (tertiary alicyclic amines) is 1. The molecular weight excluding hydrogens is 266 g/mol. The summed E-state index contributed by atoms with van der Waals surface area (Å²) in [4.78, 5) is 14.6. The van der Waals surface area contributed by atoms with Crippen LogP contribution in [0.25, 0.3) is 0 Å². The quantitative estimate of drug-likeness (QED) is 0.768. The van der Waals surface area contributed by atoms with E-state index in [4.69, 9.17) is 5.26 Å². The second kappa shape index (κ2) is 6.02. The van der Waals surface area contributed by atoms with Gasteiger partial charge in [0.05, 0.1) is 6.07 Å². The van der Waals surface area contributed by atoms with Crippen LogP contribution in [0.2, 0.25) is 0 Å². The van der Waals surface area contributed by atoms with E-state index in [9.17, 15) is 4.79 Å². The Morgan fingerprint density at radius 3 is 2.62 bits per heavy atom. The lowest BCUT2D eigenvalue weighted by atomic mass is 9.95. The van der Waals surface area contributed by atoms with Gasteiger partial charge in [-0.15, -0.1) is 0 Å². The molecule has 1 saturated carbocycles. The van der Waals surface area contributed by atoms with E-state index in [1.165, 1.54) is 4.68 Å². The number of piperidine rings is 1. The van der Waals surface area contributed by atoms with Gasteiger partial charge in [0.15, 0.2) is 0 Å². The SMILES string of the molecule is Cn1nc(C2CCN(CCCC#N)CC2)n(C2CC2)c1=O. The van der Waals surface area contributed by atoms with Gasteiger partial charge in [-0.2, -0.15) is 10.4 Å². The molecule has 0 atom stereocenters. The Labute approximate surface area is 125 Å². The van der Waals surface area contributed by atoms with Crippen molar-refractivity contribution < 1.29 is 0 Å². The fourth-order valence-electron chi connectivity index (χ4n) is 3.25. The normalized spacial score (nSPS) is 20.6. The maximum atomic E-state index is 12.2. The van der Waals surface area contributed by atoms with Crippen LogP contribution in [-0.2, 0) is 7.05 Å². The number of aromatic nitrogens is 3. The Bertz CT molecular complexity index is 584. The Morgan fingerprint density at radius 1 is 1.29 bits per heavy atom. The van der Waals surface area contributed by atoms with Gasteiger partial charge in [-0.3, -0.25) is 4.57 Å². The summed E-state index contributed by atoms with van der Waals surface area (Å²) >= 11 is 0. The van der Waals surface area contributed by atoms with Crippen LogP contribution in [0.15, 0.2) is 4.79 Å². The number of hydrogen-bond acceptors (Lipinski definition) is 4. The van der Waals surface area contributed by atoms with E-state index in [-0.39, 0.29) is 5.69 Å². The van der Waals surface area contributed by atoms with Crippen LogP contribution in [0.3, 0.4) is 0 Å². The molecule has 0 aromatic carbocycles. The Hall–Kier alpha value is -1.61. The molecule has 114 valence electrons. The van der Waals surface area contributed by atoms with E-state index in [2.05, 4.69) is 16.1 Å². The minimum Gasteiger partial charge on any atom is -0.303 e. The number of aryl methyl sites for hydroxylation is 1. The van der Waals surface area contributed by atoms with Gasteiger partial charge in [0.2, 0.25) is 0 Å². The van der Waals surface area contributed by atoms with Crippen LogP contribution in [0.5, 0.6) is 0 Å². The smallest absolute Gasteiger partial charge is 0.303 e. The van der Waals surface area contributed by atoms with Crippen molar-refractivity contribution in [2.75, 3.05) is 19.6 Å². The lowest BCUT2D eigenvalue weighted by Crippen LogP contribution is -2.34. The van der Waals surface area contributed by atoms with E-state index in [1.54, 1.807) is 7.05 Å². The maximum absolute atomic E-state index is 12.2. The van der Waals surface area contributed by atoms with Crippen LogP contribution in [-0.4, -0.2) is 38.9 Å². The zero-order chi connectivity index (χ0) is 14.8. The van der Waals surface area contributed by atoms with Crippen molar-refractivity contribution in [3.05, 3.63) is 16.3 Å². The van der Waals surface area contributed by atoms with Gasteiger partial charge in [0, 0.05) is 25.4 Å². The number of nitrogens with zero attached hydrogens (tertiary/aromatic N) is 5. The summed E-state index contributed by atoms with van der Waals surface area (Å²) in [5.41, 5.74) is 0.0453. The molecule has 0 amide bonds. The van der Waals surface area contributed by atoms with Crippen molar-refractivity contribution in [2.24, 2.45) is 7.05 Å². The molecule has 6 nitrogen and oxygen atoms in total. The van der Waals surface area contributed by atoms with Crippen molar-refractivity contribution in [1.29, 1.82) is 5.26 Å². The van der Waals surface area contributed by atoms with Crippen LogP contribution in [0.4, 0.5) is 0 Å². The van der Waals surface area contributed by atoms with Gasteiger partial charge in [-0.05, 0) is 51.7 Å². The first-order valence-electron chi connectivity index (χ1n) is 7.95. The summed E-state index contributed by atoms with van der Waals surface area (Å²) in [7, 11) is 1.75. The van der Waals surface area contributed by atoms with Gasteiger partial charge >= 0.3 is 5.69 Å². The molecule has 1 aliphatic heterocycles. The van der Waals surface area contributed by atoms with Crippen molar-refractivity contribution in [2.45, 2.75) is 50.5 Å². The Morgan fingerprint density at radius 2 is 2.00 bits per heavy atom. The zero-order valence-electron chi connectivity index (χ0n) is 12.7. The van der Waals surface area contributed by atoms with Crippen LogP contribution in [0.1, 0.15) is 56.3 Å². The molecular formula is C15H23N5O. The number of rotatable bonds is 5. The van der Waals surface area contributed by atoms with Gasteiger partial charge < -0.3 is 4.90 Å². The molecule has 3 rings (SSSR count). The van der Waals surface area contributed by atoms with Crippen molar-refractivity contribution in [3.63, 3.8) is 0 Å². The highest BCUT2D eigenvalue weighted by molar-refractivity contribution is 5.04. The Kier molecular flexibility index (Phi) is 4.11. The van der Waals surface area contributed by atoms with E-state index in [0.717, 1.165) is 57.6 Å². The first-order chi connectivity index (χ1) is 10.2. The largest absolute Gasteiger partial charge is 0.345 e. The number of nitriles is 1. The molecule has 21 heavy (non-hydrogen) atoms. The predicted octanol–water partition coefficient (Wildman–Crippen LogP) is 1.40. The monoisotopic (exact) mass is 289 g/mol. The molecule has 0 radical (unpaired) electrons. The number of hydrogen-bond donors (Lipinski definition) is 0. The highest BCUT2D eigenvalue weighted by Gasteiger charge is 2.33. The molecule has 1 aliphatic carbocycles. The lowest BCUT2D eigenvalue weighted by molar-refractivity contribution is 0.206. The van der Waals surface area contributed by atoms with Gasteiger partial charge in [0.25, 0.3) is 0 Å². The van der Waals surface area contributed by atoms with Gasteiger partial charge in [0.1, 0.15) is 5.82 Å².